The van der Waals surface area contributed by atoms with E-state index in [0.717, 1.165) is 0 Å². The van der Waals surface area contributed by atoms with E-state index >= 15 is 0 Å². The van der Waals surface area contributed by atoms with Gasteiger partial charge in [0, 0.05) is 0 Å². The van der Waals surface area contributed by atoms with Crippen molar-refractivity contribution in [3.63, 3.8) is 0 Å². The van der Waals surface area contributed by atoms with E-state index in [1.165, 1.54) is 25.3 Å². The number of para-hydroxylation sites is 1. The number of ether oxygens (including phenoxy) is 2. The van der Waals surface area contributed by atoms with Crippen molar-refractivity contribution in [2.45, 2.75) is 6.43 Å². The van der Waals surface area contributed by atoms with Crippen LogP contribution in [0.2, 0.25) is 0 Å². The van der Waals surface area contributed by atoms with Crippen LogP contribution in [0, 0.1) is 0 Å². The molecule has 0 unspecified atom stereocenters. The van der Waals surface area contributed by atoms with Crippen molar-refractivity contribution in [3.8, 4) is 5.75 Å². The highest BCUT2D eigenvalue weighted by molar-refractivity contribution is 5.94. The number of rotatable bonds is 4. The number of nitrogen functional groups attached to an aromatic ring is 1. The minimum Gasteiger partial charge on any atom is -0.485 e. The molecule has 1 rings (SSSR count). The molecule has 88 valence electrons. The van der Waals surface area contributed by atoms with Crippen molar-refractivity contribution in [2.75, 3.05) is 19.5 Å². The smallest absolute Gasteiger partial charge is 0.341 e. The van der Waals surface area contributed by atoms with Gasteiger partial charge in [0.05, 0.1) is 12.8 Å². The van der Waals surface area contributed by atoms with Gasteiger partial charge in [-0.15, -0.1) is 0 Å². The van der Waals surface area contributed by atoms with Crippen molar-refractivity contribution in [1.82, 2.24) is 0 Å². The molecule has 0 bridgehead atoms. The first-order valence-electron chi connectivity index (χ1n) is 4.44. The third-order valence-corrected chi connectivity index (χ3v) is 1.80. The van der Waals surface area contributed by atoms with Gasteiger partial charge in [0.25, 0.3) is 6.43 Å². The van der Waals surface area contributed by atoms with Gasteiger partial charge < -0.3 is 15.2 Å². The molecule has 4 nitrogen and oxygen atoms in total. The van der Waals surface area contributed by atoms with Crippen LogP contribution in [0.4, 0.5) is 14.5 Å². The molecule has 0 aliphatic carbocycles. The van der Waals surface area contributed by atoms with Crippen LogP contribution in [0.5, 0.6) is 5.75 Å². The maximum atomic E-state index is 12.0. The molecular formula is C10H11F2NO3. The highest BCUT2D eigenvalue weighted by atomic mass is 19.3. The summed E-state index contributed by atoms with van der Waals surface area (Å²) in [7, 11) is 1.18. The van der Waals surface area contributed by atoms with Crippen LogP contribution >= 0.6 is 0 Å². The molecule has 0 amide bonds. The van der Waals surface area contributed by atoms with E-state index in [2.05, 4.69) is 4.74 Å². The Morgan fingerprint density at radius 2 is 2.19 bits per heavy atom. The van der Waals surface area contributed by atoms with Gasteiger partial charge in [-0.3, -0.25) is 0 Å². The average Bonchev–Trinajstić information content (AvgIpc) is 2.25. The Morgan fingerprint density at radius 3 is 2.75 bits per heavy atom. The minimum absolute atomic E-state index is 0.0307. The summed E-state index contributed by atoms with van der Waals surface area (Å²) in [4.78, 5) is 11.3. The van der Waals surface area contributed by atoms with Crippen LogP contribution in [0.3, 0.4) is 0 Å². The Morgan fingerprint density at radius 1 is 1.50 bits per heavy atom. The number of carbonyl (C=O) groups excluding carboxylic acids is 1. The minimum atomic E-state index is -2.63. The fraction of sp³-hybridized carbons (Fsp3) is 0.300. The molecule has 1 aromatic carbocycles. The van der Waals surface area contributed by atoms with Gasteiger partial charge in [-0.1, -0.05) is 6.07 Å². The first-order chi connectivity index (χ1) is 7.56. The molecule has 0 atom stereocenters. The third-order valence-electron chi connectivity index (χ3n) is 1.80. The van der Waals surface area contributed by atoms with E-state index in [4.69, 9.17) is 10.5 Å². The summed E-state index contributed by atoms with van der Waals surface area (Å²) in [5, 5.41) is 0. The molecule has 1 aromatic rings. The SMILES string of the molecule is COC(=O)c1cccc(N)c1OCC(F)F. The second-order valence-electron chi connectivity index (χ2n) is 2.92. The van der Waals surface area contributed by atoms with E-state index in [9.17, 15) is 13.6 Å². The number of hydrogen-bond acceptors (Lipinski definition) is 4. The number of hydrogen-bond donors (Lipinski definition) is 1. The molecular weight excluding hydrogens is 220 g/mol. The zero-order valence-electron chi connectivity index (χ0n) is 8.57. The highest BCUT2D eigenvalue weighted by Crippen LogP contribution is 2.27. The van der Waals surface area contributed by atoms with Crippen LogP contribution in [0.25, 0.3) is 0 Å². The summed E-state index contributed by atoms with van der Waals surface area (Å²) in [6.07, 6.45) is -2.63. The molecule has 0 saturated heterocycles. The second kappa shape index (κ2) is 5.29. The maximum Gasteiger partial charge on any atom is 0.341 e. The van der Waals surface area contributed by atoms with Crippen LogP contribution in [-0.2, 0) is 4.74 Å². The number of halogens is 2. The molecule has 0 radical (unpaired) electrons. The van der Waals surface area contributed by atoms with Crippen LogP contribution < -0.4 is 10.5 Å². The summed E-state index contributed by atoms with van der Waals surface area (Å²) in [5.41, 5.74) is 5.67. The number of alkyl halides is 2. The molecule has 0 spiro atoms. The maximum absolute atomic E-state index is 12.0. The number of anilines is 1. The zero-order chi connectivity index (χ0) is 12.1. The molecule has 0 heterocycles. The summed E-state index contributed by atoms with van der Waals surface area (Å²) in [5.74, 6) is -0.758. The van der Waals surface area contributed by atoms with Gasteiger partial charge in [-0.05, 0) is 12.1 Å². The number of nitrogens with two attached hydrogens (primary N) is 1. The number of benzene rings is 1. The predicted molar refractivity (Wildman–Crippen MR) is 53.7 cm³/mol. The lowest BCUT2D eigenvalue weighted by Gasteiger charge is -2.11. The summed E-state index contributed by atoms with van der Waals surface area (Å²) >= 11 is 0. The lowest BCUT2D eigenvalue weighted by atomic mass is 10.2. The molecule has 16 heavy (non-hydrogen) atoms. The first kappa shape index (κ1) is 12.2. The molecule has 0 fully saturated rings. The van der Waals surface area contributed by atoms with Crippen molar-refractivity contribution >= 4 is 11.7 Å². The summed E-state index contributed by atoms with van der Waals surface area (Å²) < 4.78 is 33.2. The van der Waals surface area contributed by atoms with E-state index < -0.39 is 19.0 Å². The van der Waals surface area contributed by atoms with Gasteiger partial charge >= 0.3 is 5.97 Å². The van der Waals surface area contributed by atoms with Crippen LogP contribution in [0.1, 0.15) is 10.4 Å². The Bertz CT molecular complexity index is 382. The highest BCUT2D eigenvalue weighted by Gasteiger charge is 2.16. The Hall–Kier alpha value is -1.85. The molecule has 2 N–H and O–H groups in total. The lowest BCUT2D eigenvalue weighted by Crippen LogP contribution is -2.12. The monoisotopic (exact) mass is 231 g/mol. The molecule has 0 aliphatic rings. The van der Waals surface area contributed by atoms with Gasteiger partial charge in [-0.2, -0.15) is 0 Å². The fourth-order valence-corrected chi connectivity index (χ4v) is 1.13. The number of esters is 1. The Labute approximate surface area is 91.0 Å². The molecule has 0 aliphatic heterocycles. The van der Waals surface area contributed by atoms with Gasteiger partial charge in [0.15, 0.2) is 5.75 Å². The fourth-order valence-electron chi connectivity index (χ4n) is 1.13. The largest absolute Gasteiger partial charge is 0.485 e. The quantitative estimate of drug-likeness (QED) is 0.632. The standard InChI is InChI=1S/C10H11F2NO3/c1-15-10(14)6-3-2-4-7(13)9(6)16-5-8(11)12/h2-4,8H,5,13H2,1H3. The molecule has 0 saturated carbocycles. The van der Waals surface area contributed by atoms with Gasteiger partial charge in [0.2, 0.25) is 0 Å². The lowest BCUT2D eigenvalue weighted by molar-refractivity contribution is 0.0579. The third kappa shape index (κ3) is 2.82. The molecule has 6 heteroatoms. The van der Waals surface area contributed by atoms with E-state index in [1.54, 1.807) is 0 Å². The van der Waals surface area contributed by atoms with E-state index in [-0.39, 0.29) is 17.0 Å². The zero-order valence-corrected chi connectivity index (χ0v) is 8.57. The van der Waals surface area contributed by atoms with Crippen molar-refractivity contribution < 1.29 is 23.0 Å². The van der Waals surface area contributed by atoms with Gasteiger partial charge in [-0.25, -0.2) is 13.6 Å². The Kier molecular flexibility index (Phi) is 4.04. The van der Waals surface area contributed by atoms with Crippen molar-refractivity contribution in [3.05, 3.63) is 23.8 Å². The average molecular weight is 231 g/mol. The van der Waals surface area contributed by atoms with E-state index in [0.29, 0.717) is 0 Å². The Balaban J connectivity index is 2.99. The number of methoxy groups -OCH3 is 1. The van der Waals surface area contributed by atoms with E-state index in [1.807, 2.05) is 0 Å². The number of carbonyl (C=O) groups is 1. The van der Waals surface area contributed by atoms with Crippen LogP contribution in [0.15, 0.2) is 18.2 Å². The van der Waals surface area contributed by atoms with Crippen molar-refractivity contribution in [2.24, 2.45) is 0 Å². The normalized spacial score (nSPS) is 10.2. The van der Waals surface area contributed by atoms with Crippen LogP contribution in [-0.4, -0.2) is 26.1 Å². The molecule has 0 aromatic heterocycles. The topological polar surface area (TPSA) is 61.5 Å². The van der Waals surface area contributed by atoms with Gasteiger partial charge in [0.1, 0.15) is 12.2 Å². The first-order valence-corrected chi connectivity index (χ1v) is 4.44. The second-order valence-corrected chi connectivity index (χ2v) is 2.92. The predicted octanol–water partition coefficient (Wildman–Crippen LogP) is 1.70. The summed E-state index contributed by atoms with van der Waals surface area (Å²) in [6.45, 7) is -0.821. The van der Waals surface area contributed by atoms with Crippen molar-refractivity contribution in [1.29, 1.82) is 0 Å². The summed E-state index contributed by atoms with van der Waals surface area (Å²) in [6, 6.07) is 4.35.